The molecular formula is C20H20ClN3O3. The lowest BCUT2D eigenvalue weighted by Crippen LogP contribution is -2.55. The Balaban J connectivity index is 1.59. The zero-order valence-corrected chi connectivity index (χ0v) is 15.6. The molecule has 1 N–H and O–H groups in total. The number of nitrogens with zero attached hydrogens (tertiary/aromatic N) is 2. The molecule has 0 radical (unpaired) electrons. The summed E-state index contributed by atoms with van der Waals surface area (Å²) in [4.78, 5) is 40.2. The first-order chi connectivity index (χ1) is 13.0. The molecule has 2 aromatic rings. The smallest absolute Gasteiger partial charge is 0.316 e. The summed E-state index contributed by atoms with van der Waals surface area (Å²) in [6.45, 7) is 2.71. The first-order valence-corrected chi connectivity index (χ1v) is 9.06. The molecule has 6 nitrogen and oxygen atoms in total. The van der Waals surface area contributed by atoms with Gasteiger partial charge in [-0.05, 0) is 36.4 Å². The van der Waals surface area contributed by atoms with Crippen molar-refractivity contribution in [2.75, 3.05) is 29.9 Å². The predicted octanol–water partition coefficient (Wildman–Crippen LogP) is 2.79. The van der Waals surface area contributed by atoms with E-state index in [4.69, 9.17) is 11.6 Å². The molecule has 140 valence electrons. The molecule has 27 heavy (non-hydrogen) atoms. The number of para-hydroxylation sites is 1. The monoisotopic (exact) mass is 385 g/mol. The van der Waals surface area contributed by atoms with Crippen LogP contribution in [0.1, 0.15) is 6.92 Å². The molecule has 2 aromatic carbocycles. The number of nitrogens with one attached hydrogen (secondary N) is 1. The summed E-state index contributed by atoms with van der Waals surface area (Å²) in [6, 6.07) is 15.9. The van der Waals surface area contributed by atoms with Crippen molar-refractivity contribution in [2.45, 2.75) is 6.92 Å². The molecule has 1 fully saturated rings. The minimum Gasteiger partial charge on any atom is -0.332 e. The number of carbonyl (C=O) groups is 3. The Kier molecular flexibility index (Phi) is 5.76. The van der Waals surface area contributed by atoms with E-state index >= 15 is 0 Å². The lowest BCUT2D eigenvalue weighted by molar-refractivity contribution is -0.147. The Morgan fingerprint density at radius 3 is 2.37 bits per heavy atom. The maximum atomic E-state index is 12.5. The second kappa shape index (κ2) is 8.22. The van der Waals surface area contributed by atoms with E-state index in [1.807, 2.05) is 18.2 Å². The topological polar surface area (TPSA) is 69.7 Å². The zero-order valence-electron chi connectivity index (χ0n) is 14.9. The molecule has 1 unspecified atom stereocenters. The first-order valence-electron chi connectivity index (χ1n) is 8.68. The molecule has 0 aliphatic carbocycles. The number of piperazine rings is 1. The second-order valence-electron chi connectivity index (χ2n) is 6.44. The molecule has 3 amide bonds. The molecule has 0 saturated carbocycles. The SMILES string of the molecule is CC(CN1CCN(c2ccccc2)C(=O)C1=O)C(=O)Nc1ccc(Cl)cc1. The van der Waals surface area contributed by atoms with Crippen molar-refractivity contribution in [3.05, 3.63) is 59.6 Å². The van der Waals surface area contributed by atoms with Gasteiger partial charge >= 0.3 is 11.8 Å². The van der Waals surface area contributed by atoms with Crippen molar-refractivity contribution >= 4 is 40.7 Å². The van der Waals surface area contributed by atoms with Crippen LogP contribution >= 0.6 is 11.6 Å². The molecule has 0 aromatic heterocycles. The Hall–Kier alpha value is -2.86. The number of rotatable bonds is 5. The molecule has 0 bridgehead atoms. The Morgan fingerprint density at radius 2 is 1.70 bits per heavy atom. The number of carbonyl (C=O) groups excluding carboxylic acids is 3. The summed E-state index contributed by atoms with van der Waals surface area (Å²) in [5.74, 6) is -1.84. The zero-order chi connectivity index (χ0) is 19.4. The summed E-state index contributed by atoms with van der Waals surface area (Å²) in [6.07, 6.45) is 0. The Bertz CT molecular complexity index is 839. The van der Waals surface area contributed by atoms with E-state index in [-0.39, 0.29) is 12.5 Å². The van der Waals surface area contributed by atoms with Gasteiger partial charge < -0.3 is 15.1 Å². The van der Waals surface area contributed by atoms with Gasteiger partial charge in [0.1, 0.15) is 0 Å². The van der Waals surface area contributed by atoms with Crippen LogP contribution in [0.5, 0.6) is 0 Å². The van der Waals surface area contributed by atoms with Crippen LogP contribution in [0.4, 0.5) is 11.4 Å². The van der Waals surface area contributed by atoms with Gasteiger partial charge in [0.2, 0.25) is 5.91 Å². The molecule has 1 saturated heterocycles. The van der Waals surface area contributed by atoms with E-state index in [1.54, 1.807) is 43.3 Å². The van der Waals surface area contributed by atoms with E-state index in [0.717, 1.165) is 0 Å². The molecule has 1 aliphatic heterocycles. The fraction of sp³-hybridized carbons (Fsp3) is 0.250. The van der Waals surface area contributed by atoms with Crippen molar-refractivity contribution < 1.29 is 14.4 Å². The van der Waals surface area contributed by atoms with Crippen molar-refractivity contribution in [1.82, 2.24) is 4.90 Å². The normalized spacial score (nSPS) is 15.6. The van der Waals surface area contributed by atoms with E-state index in [2.05, 4.69) is 5.32 Å². The first kappa shape index (κ1) is 18.9. The van der Waals surface area contributed by atoms with Gasteiger partial charge in [0.15, 0.2) is 0 Å². The Morgan fingerprint density at radius 1 is 1.04 bits per heavy atom. The summed E-state index contributed by atoms with van der Waals surface area (Å²) in [5.41, 5.74) is 1.33. The van der Waals surface area contributed by atoms with Gasteiger partial charge in [0.05, 0.1) is 5.92 Å². The largest absolute Gasteiger partial charge is 0.332 e. The van der Waals surface area contributed by atoms with Crippen LogP contribution in [0, 0.1) is 5.92 Å². The van der Waals surface area contributed by atoms with E-state index in [0.29, 0.717) is 29.5 Å². The van der Waals surface area contributed by atoms with Crippen LogP contribution in [0.2, 0.25) is 5.02 Å². The highest BCUT2D eigenvalue weighted by Crippen LogP contribution is 2.19. The number of halogens is 1. The van der Waals surface area contributed by atoms with Crippen LogP contribution in [0.25, 0.3) is 0 Å². The standard InChI is InChI=1S/C20H20ClN3O3/c1-14(18(25)22-16-9-7-15(21)8-10-16)13-23-11-12-24(20(27)19(23)26)17-5-3-2-4-6-17/h2-10,14H,11-13H2,1H3,(H,22,25). The summed E-state index contributed by atoms with van der Waals surface area (Å²) >= 11 is 5.83. The van der Waals surface area contributed by atoms with Gasteiger partial charge in [-0.2, -0.15) is 0 Å². The summed E-state index contributed by atoms with van der Waals surface area (Å²) < 4.78 is 0. The fourth-order valence-electron chi connectivity index (χ4n) is 2.92. The molecule has 7 heteroatoms. The van der Waals surface area contributed by atoms with E-state index in [9.17, 15) is 14.4 Å². The number of hydrogen-bond donors (Lipinski definition) is 1. The van der Waals surface area contributed by atoms with Crippen molar-refractivity contribution in [2.24, 2.45) is 5.92 Å². The average Bonchev–Trinajstić information content (AvgIpc) is 2.68. The highest BCUT2D eigenvalue weighted by molar-refractivity contribution is 6.41. The molecule has 1 aliphatic rings. The van der Waals surface area contributed by atoms with Crippen LogP contribution in [-0.4, -0.2) is 42.3 Å². The third kappa shape index (κ3) is 4.46. The van der Waals surface area contributed by atoms with Crippen LogP contribution in [-0.2, 0) is 14.4 Å². The third-order valence-electron chi connectivity index (χ3n) is 4.43. The maximum Gasteiger partial charge on any atom is 0.316 e. The van der Waals surface area contributed by atoms with Crippen molar-refractivity contribution in [3.8, 4) is 0 Å². The molecule has 0 spiro atoms. The predicted molar refractivity (Wildman–Crippen MR) is 105 cm³/mol. The molecule has 1 heterocycles. The minimum atomic E-state index is -0.587. The van der Waals surface area contributed by atoms with Crippen molar-refractivity contribution in [3.63, 3.8) is 0 Å². The number of anilines is 2. The highest BCUT2D eigenvalue weighted by Gasteiger charge is 2.34. The van der Waals surface area contributed by atoms with Gasteiger partial charge in [0, 0.05) is 36.0 Å². The second-order valence-corrected chi connectivity index (χ2v) is 6.88. The van der Waals surface area contributed by atoms with Gasteiger partial charge in [0.25, 0.3) is 0 Å². The van der Waals surface area contributed by atoms with Crippen LogP contribution < -0.4 is 10.2 Å². The number of amides is 3. The van der Waals surface area contributed by atoms with E-state index < -0.39 is 17.7 Å². The minimum absolute atomic E-state index is 0.187. The molecular weight excluding hydrogens is 366 g/mol. The molecule has 3 rings (SSSR count). The molecule has 1 atom stereocenters. The third-order valence-corrected chi connectivity index (χ3v) is 4.68. The fourth-order valence-corrected chi connectivity index (χ4v) is 3.04. The lowest BCUT2D eigenvalue weighted by Gasteiger charge is -2.34. The van der Waals surface area contributed by atoms with Gasteiger partial charge in [-0.3, -0.25) is 14.4 Å². The van der Waals surface area contributed by atoms with Crippen molar-refractivity contribution in [1.29, 1.82) is 0 Å². The number of hydrogen-bond acceptors (Lipinski definition) is 3. The highest BCUT2D eigenvalue weighted by atomic mass is 35.5. The van der Waals surface area contributed by atoms with E-state index in [1.165, 1.54) is 9.80 Å². The van der Waals surface area contributed by atoms with Gasteiger partial charge in [-0.1, -0.05) is 36.7 Å². The van der Waals surface area contributed by atoms with Gasteiger partial charge in [-0.15, -0.1) is 0 Å². The summed E-state index contributed by atoms with van der Waals surface area (Å²) in [7, 11) is 0. The summed E-state index contributed by atoms with van der Waals surface area (Å²) in [5, 5.41) is 3.37. The maximum absolute atomic E-state index is 12.5. The van der Waals surface area contributed by atoms with Crippen LogP contribution in [0.3, 0.4) is 0 Å². The number of benzene rings is 2. The average molecular weight is 386 g/mol. The van der Waals surface area contributed by atoms with Crippen LogP contribution in [0.15, 0.2) is 54.6 Å². The quantitative estimate of drug-likeness (QED) is 0.804. The van der Waals surface area contributed by atoms with Gasteiger partial charge in [-0.25, -0.2) is 0 Å². The lowest BCUT2D eigenvalue weighted by atomic mass is 10.1. The Labute approximate surface area is 162 Å².